The van der Waals surface area contributed by atoms with E-state index in [0.717, 1.165) is 11.3 Å². The van der Waals surface area contributed by atoms with E-state index in [9.17, 15) is 0 Å². The van der Waals surface area contributed by atoms with Crippen LogP contribution < -0.4 is 4.74 Å². The molecule has 0 amide bonds. The zero-order chi connectivity index (χ0) is 13.8. The van der Waals surface area contributed by atoms with Gasteiger partial charge in [0.1, 0.15) is 24.3 Å². The van der Waals surface area contributed by atoms with Crippen molar-refractivity contribution in [3.05, 3.63) is 71.6 Å². The Labute approximate surface area is 121 Å². The lowest BCUT2D eigenvalue weighted by Gasteiger charge is -2.04. The Balaban J connectivity index is 1.71. The molecule has 100 valence electrons. The third-order valence-electron chi connectivity index (χ3n) is 2.78. The molecule has 0 unspecified atom stereocenters. The summed E-state index contributed by atoms with van der Waals surface area (Å²) in [5.74, 6) is 1.22. The molecule has 3 nitrogen and oxygen atoms in total. The van der Waals surface area contributed by atoms with Crippen LogP contribution in [0.3, 0.4) is 0 Å². The fraction of sp³-hybridized carbons (Fsp3) is 0.0625. The number of benzene rings is 2. The standard InChI is InChI=1S/C16H12ClNO2/c17-14-8-4-5-9-15(14)19-10-13-11-20-16(18-13)12-6-2-1-3-7-12/h1-9,11H,10H2. The highest BCUT2D eigenvalue weighted by molar-refractivity contribution is 6.32. The van der Waals surface area contributed by atoms with Gasteiger partial charge in [-0.2, -0.15) is 0 Å². The smallest absolute Gasteiger partial charge is 0.226 e. The molecule has 0 aliphatic carbocycles. The Morgan fingerprint density at radius 1 is 1.00 bits per heavy atom. The highest BCUT2D eigenvalue weighted by atomic mass is 35.5. The summed E-state index contributed by atoms with van der Waals surface area (Å²) in [6.45, 7) is 0.320. The molecule has 1 aromatic heterocycles. The fourth-order valence-corrected chi connectivity index (χ4v) is 1.99. The van der Waals surface area contributed by atoms with Gasteiger partial charge in [-0.25, -0.2) is 4.98 Å². The van der Waals surface area contributed by atoms with E-state index >= 15 is 0 Å². The number of rotatable bonds is 4. The van der Waals surface area contributed by atoms with Crippen LogP contribution in [-0.2, 0) is 6.61 Å². The van der Waals surface area contributed by atoms with Crippen LogP contribution in [0, 0.1) is 0 Å². The first-order chi connectivity index (χ1) is 9.83. The number of ether oxygens (including phenoxy) is 1. The zero-order valence-corrected chi connectivity index (χ0v) is 11.4. The van der Waals surface area contributed by atoms with Crippen molar-refractivity contribution in [3.8, 4) is 17.2 Å². The van der Waals surface area contributed by atoms with E-state index in [1.54, 1.807) is 12.3 Å². The number of hydrogen-bond acceptors (Lipinski definition) is 3. The molecule has 2 aromatic carbocycles. The second-order valence-electron chi connectivity index (χ2n) is 4.23. The fourth-order valence-electron chi connectivity index (χ4n) is 1.80. The minimum atomic E-state index is 0.320. The van der Waals surface area contributed by atoms with Crippen molar-refractivity contribution >= 4 is 11.6 Å². The number of halogens is 1. The summed E-state index contributed by atoms with van der Waals surface area (Å²) in [5.41, 5.74) is 1.67. The normalized spacial score (nSPS) is 10.4. The Morgan fingerprint density at radius 3 is 2.55 bits per heavy atom. The van der Waals surface area contributed by atoms with Gasteiger partial charge in [0.15, 0.2) is 0 Å². The van der Waals surface area contributed by atoms with Crippen LogP contribution in [0.1, 0.15) is 5.69 Å². The average molecular weight is 286 g/mol. The Morgan fingerprint density at radius 2 is 1.75 bits per heavy atom. The van der Waals surface area contributed by atoms with Gasteiger partial charge >= 0.3 is 0 Å². The lowest BCUT2D eigenvalue weighted by atomic mass is 10.2. The number of aromatic nitrogens is 1. The molecule has 20 heavy (non-hydrogen) atoms. The minimum Gasteiger partial charge on any atom is -0.486 e. The van der Waals surface area contributed by atoms with Gasteiger partial charge in [0, 0.05) is 5.56 Å². The van der Waals surface area contributed by atoms with Crippen molar-refractivity contribution in [1.82, 2.24) is 4.98 Å². The van der Waals surface area contributed by atoms with Crippen LogP contribution in [0.4, 0.5) is 0 Å². The predicted octanol–water partition coefficient (Wildman–Crippen LogP) is 4.57. The molecule has 0 saturated carbocycles. The molecule has 0 saturated heterocycles. The number of oxazole rings is 1. The molecule has 0 atom stereocenters. The molecule has 1 heterocycles. The monoisotopic (exact) mass is 285 g/mol. The lowest BCUT2D eigenvalue weighted by Crippen LogP contribution is -1.96. The van der Waals surface area contributed by atoms with Crippen LogP contribution in [0.5, 0.6) is 5.75 Å². The molecule has 0 fully saturated rings. The first-order valence-corrected chi connectivity index (χ1v) is 6.58. The third kappa shape index (κ3) is 2.83. The molecule has 0 aliphatic rings. The van der Waals surface area contributed by atoms with E-state index in [4.69, 9.17) is 20.8 Å². The molecule has 0 aliphatic heterocycles. The second-order valence-corrected chi connectivity index (χ2v) is 4.64. The summed E-state index contributed by atoms with van der Waals surface area (Å²) < 4.78 is 11.1. The first-order valence-electron chi connectivity index (χ1n) is 6.20. The summed E-state index contributed by atoms with van der Waals surface area (Å²) in [5, 5.41) is 0.583. The average Bonchev–Trinajstić information content (AvgIpc) is 2.96. The van der Waals surface area contributed by atoms with Gasteiger partial charge in [0.25, 0.3) is 0 Å². The maximum absolute atomic E-state index is 6.02. The summed E-state index contributed by atoms with van der Waals surface area (Å²) >= 11 is 6.02. The highest BCUT2D eigenvalue weighted by Crippen LogP contribution is 2.24. The molecular weight excluding hydrogens is 274 g/mol. The maximum Gasteiger partial charge on any atom is 0.226 e. The van der Waals surface area contributed by atoms with Crippen molar-refractivity contribution in [2.45, 2.75) is 6.61 Å². The largest absolute Gasteiger partial charge is 0.486 e. The third-order valence-corrected chi connectivity index (χ3v) is 3.10. The van der Waals surface area contributed by atoms with Crippen LogP contribution in [0.2, 0.25) is 5.02 Å². The second kappa shape index (κ2) is 5.80. The molecule has 0 radical (unpaired) electrons. The van der Waals surface area contributed by atoms with Crippen molar-refractivity contribution in [2.75, 3.05) is 0 Å². The SMILES string of the molecule is Clc1ccccc1OCc1coc(-c2ccccc2)n1. The van der Waals surface area contributed by atoms with Crippen molar-refractivity contribution in [1.29, 1.82) is 0 Å². The first kappa shape index (κ1) is 12.8. The molecule has 3 rings (SSSR count). The molecule has 3 aromatic rings. The number of nitrogens with zero attached hydrogens (tertiary/aromatic N) is 1. The molecular formula is C16H12ClNO2. The molecule has 4 heteroatoms. The highest BCUT2D eigenvalue weighted by Gasteiger charge is 2.07. The van der Waals surface area contributed by atoms with Crippen molar-refractivity contribution in [2.24, 2.45) is 0 Å². The summed E-state index contributed by atoms with van der Waals surface area (Å²) in [6, 6.07) is 17.1. The van der Waals surface area contributed by atoms with Gasteiger partial charge in [-0.05, 0) is 24.3 Å². The van der Waals surface area contributed by atoms with Crippen LogP contribution in [0.15, 0.2) is 65.3 Å². The van der Waals surface area contributed by atoms with E-state index in [-0.39, 0.29) is 0 Å². The minimum absolute atomic E-state index is 0.320. The summed E-state index contributed by atoms with van der Waals surface area (Å²) in [7, 11) is 0. The van der Waals surface area contributed by atoms with E-state index < -0.39 is 0 Å². The quantitative estimate of drug-likeness (QED) is 0.704. The predicted molar refractivity (Wildman–Crippen MR) is 77.7 cm³/mol. The van der Waals surface area contributed by atoms with Crippen molar-refractivity contribution < 1.29 is 9.15 Å². The van der Waals surface area contributed by atoms with Gasteiger partial charge < -0.3 is 9.15 Å². The van der Waals surface area contributed by atoms with Crippen LogP contribution >= 0.6 is 11.6 Å². The summed E-state index contributed by atoms with van der Waals surface area (Å²) in [4.78, 5) is 4.39. The Kier molecular flexibility index (Phi) is 3.70. The number of para-hydroxylation sites is 1. The Hall–Kier alpha value is -2.26. The lowest BCUT2D eigenvalue weighted by molar-refractivity contribution is 0.301. The van der Waals surface area contributed by atoms with Gasteiger partial charge in [-0.15, -0.1) is 0 Å². The molecule has 0 N–H and O–H groups in total. The van der Waals surface area contributed by atoms with E-state index in [1.165, 1.54) is 0 Å². The Bertz CT molecular complexity index is 694. The van der Waals surface area contributed by atoms with Crippen LogP contribution in [0.25, 0.3) is 11.5 Å². The van der Waals surface area contributed by atoms with Gasteiger partial charge in [-0.1, -0.05) is 41.9 Å². The molecule has 0 spiro atoms. The maximum atomic E-state index is 6.02. The van der Waals surface area contributed by atoms with E-state index in [2.05, 4.69) is 4.98 Å². The summed E-state index contributed by atoms with van der Waals surface area (Å²) in [6.07, 6.45) is 1.60. The topological polar surface area (TPSA) is 35.3 Å². The molecule has 0 bridgehead atoms. The van der Waals surface area contributed by atoms with E-state index in [1.807, 2.05) is 48.5 Å². The zero-order valence-electron chi connectivity index (χ0n) is 10.6. The van der Waals surface area contributed by atoms with Crippen LogP contribution in [-0.4, -0.2) is 4.98 Å². The van der Waals surface area contributed by atoms with Gasteiger partial charge in [-0.3, -0.25) is 0 Å². The van der Waals surface area contributed by atoms with E-state index in [0.29, 0.717) is 23.3 Å². The van der Waals surface area contributed by atoms with Gasteiger partial charge in [0.2, 0.25) is 5.89 Å². The van der Waals surface area contributed by atoms with Gasteiger partial charge in [0.05, 0.1) is 5.02 Å². The van der Waals surface area contributed by atoms with Crippen molar-refractivity contribution in [3.63, 3.8) is 0 Å². The number of hydrogen-bond donors (Lipinski definition) is 0.